The Labute approximate surface area is 183 Å². The SMILES string of the molecule is O=C(Nc1ccnn1Cc1ccccc1)c1cn(-c2ccccc2)nc1-c1cccs1. The first-order chi connectivity index (χ1) is 15.3. The number of carbonyl (C=O) groups is 1. The molecule has 0 atom stereocenters. The highest BCUT2D eigenvalue weighted by molar-refractivity contribution is 7.13. The van der Waals surface area contributed by atoms with Gasteiger partial charge in [0.15, 0.2) is 0 Å². The number of benzene rings is 2. The number of hydrogen-bond donors (Lipinski definition) is 1. The van der Waals surface area contributed by atoms with Gasteiger partial charge in [0.2, 0.25) is 0 Å². The van der Waals surface area contributed by atoms with Crippen molar-refractivity contribution in [3.63, 3.8) is 0 Å². The van der Waals surface area contributed by atoms with Crippen LogP contribution in [0.4, 0.5) is 5.82 Å². The van der Waals surface area contributed by atoms with Crippen molar-refractivity contribution in [1.29, 1.82) is 0 Å². The van der Waals surface area contributed by atoms with Crippen LogP contribution < -0.4 is 5.32 Å². The molecule has 0 spiro atoms. The summed E-state index contributed by atoms with van der Waals surface area (Å²) in [5, 5.41) is 14.1. The van der Waals surface area contributed by atoms with Crippen LogP contribution in [0.1, 0.15) is 15.9 Å². The maximum Gasteiger partial charge on any atom is 0.260 e. The minimum Gasteiger partial charge on any atom is -0.307 e. The highest BCUT2D eigenvalue weighted by Gasteiger charge is 2.20. The Morgan fingerprint density at radius 2 is 1.71 bits per heavy atom. The van der Waals surface area contributed by atoms with E-state index in [1.54, 1.807) is 39.2 Å². The summed E-state index contributed by atoms with van der Waals surface area (Å²) in [4.78, 5) is 14.2. The first kappa shape index (κ1) is 19.0. The lowest BCUT2D eigenvalue weighted by Gasteiger charge is -2.09. The minimum absolute atomic E-state index is 0.222. The van der Waals surface area contributed by atoms with Crippen molar-refractivity contribution in [2.75, 3.05) is 5.32 Å². The summed E-state index contributed by atoms with van der Waals surface area (Å²) < 4.78 is 3.52. The summed E-state index contributed by atoms with van der Waals surface area (Å²) in [6.07, 6.45) is 3.46. The fraction of sp³-hybridized carbons (Fsp3) is 0.0417. The van der Waals surface area contributed by atoms with Crippen molar-refractivity contribution in [1.82, 2.24) is 19.6 Å². The average molecular weight is 426 g/mol. The Morgan fingerprint density at radius 1 is 0.935 bits per heavy atom. The van der Waals surface area contributed by atoms with Crippen LogP contribution in [-0.4, -0.2) is 25.5 Å². The van der Waals surface area contributed by atoms with E-state index in [1.165, 1.54) is 0 Å². The standard InChI is InChI=1S/C24H19N5OS/c30-24(26-22-13-14-25-29(22)16-18-8-3-1-4-9-18)20-17-28(19-10-5-2-6-11-19)27-23(20)21-12-7-15-31-21/h1-15,17H,16H2,(H,26,30). The van der Waals surface area contributed by atoms with Gasteiger partial charge in [-0.3, -0.25) is 4.79 Å². The number of rotatable bonds is 6. The number of aromatic nitrogens is 4. The van der Waals surface area contributed by atoms with E-state index in [0.717, 1.165) is 16.1 Å². The molecule has 152 valence electrons. The molecule has 0 aliphatic heterocycles. The quantitative estimate of drug-likeness (QED) is 0.412. The van der Waals surface area contributed by atoms with Gasteiger partial charge < -0.3 is 5.32 Å². The van der Waals surface area contributed by atoms with E-state index in [9.17, 15) is 4.79 Å². The Kier molecular flexibility index (Phi) is 5.16. The molecule has 1 N–H and O–H groups in total. The summed E-state index contributed by atoms with van der Waals surface area (Å²) in [5.74, 6) is 0.416. The highest BCUT2D eigenvalue weighted by atomic mass is 32.1. The van der Waals surface area contributed by atoms with Gasteiger partial charge in [0.05, 0.1) is 28.9 Å². The van der Waals surface area contributed by atoms with E-state index in [0.29, 0.717) is 23.6 Å². The molecule has 0 aliphatic carbocycles. The molecule has 31 heavy (non-hydrogen) atoms. The normalized spacial score (nSPS) is 10.8. The maximum absolute atomic E-state index is 13.3. The molecule has 0 radical (unpaired) electrons. The van der Waals surface area contributed by atoms with E-state index in [2.05, 4.69) is 10.4 Å². The van der Waals surface area contributed by atoms with Crippen LogP contribution in [0.5, 0.6) is 0 Å². The van der Waals surface area contributed by atoms with Gasteiger partial charge >= 0.3 is 0 Å². The van der Waals surface area contributed by atoms with Crippen molar-refractivity contribution in [2.45, 2.75) is 6.54 Å². The lowest BCUT2D eigenvalue weighted by molar-refractivity contribution is 0.102. The number of nitrogens with one attached hydrogen (secondary N) is 1. The van der Waals surface area contributed by atoms with Gasteiger partial charge in [-0.25, -0.2) is 9.36 Å². The molecule has 2 aromatic carbocycles. The molecule has 0 fully saturated rings. The van der Waals surface area contributed by atoms with Gasteiger partial charge in [-0.15, -0.1) is 11.3 Å². The molecule has 3 heterocycles. The zero-order valence-electron chi connectivity index (χ0n) is 16.6. The number of carbonyl (C=O) groups excluding carboxylic acids is 1. The smallest absolute Gasteiger partial charge is 0.260 e. The van der Waals surface area contributed by atoms with Gasteiger partial charge in [0, 0.05) is 12.3 Å². The van der Waals surface area contributed by atoms with E-state index in [1.807, 2.05) is 78.2 Å². The molecule has 3 aromatic heterocycles. The monoisotopic (exact) mass is 425 g/mol. The van der Waals surface area contributed by atoms with Crippen molar-refractivity contribution in [3.05, 3.63) is 108 Å². The third-order valence-electron chi connectivity index (χ3n) is 4.87. The maximum atomic E-state index is 13.3. The van der Waals surface area contributed by atoms with Crippen LogP contribution in [0.25, 0.3) is 16.3 Å². The lowest BCUT2D eigenvalue weighted by Crippen LogP contribution is -2.16. The first-order valence-corrected chi connectivity index (χ1v) is 10.7. The number of amides is 1. The van der Waals surface area contributed by atoms with Gasteiger partial charge in [0.25, 0.3) is 5.91 Å². The van der Waals surface area contributed by atoms with Crippen LogP contribution in [-0.2, 0) is 6.54 Å². The molecule has 0 aliphatic rings. The zero-order chi connectivity index (χ0) is 21.0. The van der Waals surface area contributed by atoms with Crippen molar-refractivity contribution < 1.29 is 4.79 Å². The van der Waals surface area contributed by atoms with E-state index < -0.39 is 0 Å². The topological polar surface area (TPSA) is 64.7 Å². The number of nitrogens with zero attached hydrogens (tertiary/aromatic N) is 4. The van der Waals surface area contributed by atoms with Gasteiger partial charge in [-0.05, 0) is 29.1 Å². The molecule has 0 bridgehead atoms. The molecular formula is C24H19N5OS. The fourth-order valence-corrected chi connectivity index (χ4v) is 4.08. The van der Waals surface area contributed by atoms with Crippen molar-refractivity contribution in [3.8, 4) is 16.3 Å². The molecule has 0 saturated carbocycles. The predicted octanol–water partition coefficient (Wildman–Crippen LogP) is 5.10. The fourth-order valence-electron chi connectivity index (χ4n) is 3.35. The molecule has 0 unspecified atom stereocenters. The summed E-state index contributed by atoms with van der Waals surface area (Å²) in [7, 11) is 0. The molecule has 1 amide bonds. The van der Waals surface area contributed by atoms with Crippen molar-refractivity contribution in [2.24, 2.45) is 0 Å². The second kappa shape index (κ2) is 8.41. The Morgan fingerprint density at radius 3 is 2.45 bits per heavy atom. The Hall–Kier alpha value is -3.97. The number of para-hydroxylation sites is 1. The molecule has 5 aromatic rings. The number of thiophene rings is 1. The number of anilines is 1. The van der Waals surface area contributed by atoms with Crippen LogP contribution in [0, 0.1) is 0 Å². The molecule has 6 nitrogen and oxygen atoms in total. The van der Waals surface area contributed by atoms with Gasteiger partial charge in [-0.1, -0.05) is 54.6 Å². The van der Waals surface area contributed by atoms with Gasteiger partial charge in [-0.2, -0.15) is 10.2 Å². The largest absolute Gasteiger partial charge is 0.307 e. The van der Waals surface area contributed by atoms with E-state index >= 15 is 0 Å². The zero-order valence-corrected chi connectivity index (χ0v) is 17.4. The Balaban J connectivity index is 1.46. The predicted molar refractivity (Wildman–Crippen MR) is 123 cm³/mol. The third kappa shape index (κ3) is 4.04. The van der Waals surface area contributed by atoms with E-state index in [4.69, 9.17) is 5.10 Å². The van der Waals surface area contributed by atoms with E-state index in [-0.39, 0.29) is 5.91 Å². The second-order valence-corrected chi connectivity index (χ2v) is 7.91. The summed E-state index contributed by atoms with van der Waals surface area (Å²) >= 11 is 1.56. The minimum atomic E-state index is -0.222. The summed E-state index contributed by atoms with van der Waals surface area (Å²) in [6.45, 7) is 0.574. The second-order valence-electron chi connectivity index (χ2n) is 6.96. The first-order valence-electron chi connectivity index (χ1n) is 9.84. The average Bonchev–Trinajstić information content (AvgIpc) is 3.56. The number of hydrogen-bond acceptors (Lipinski definition) is 4. The molecule has 0 saturated heterocycles. The molecule has 5 rings (SSSR count). The third-order valence-corrected chi connectivity index (χ3v) is 5.74. The van der Waals surface area contributed by atoms with Crippen LogP contribution in [0.2, 0.25) is 0 Å². The molecule has 7 heteroatoms. The van der Waals surface area contributed by atoms with Crippen molar-refractivity contribution >= 4 is 23.1 Å². The molecular weight excluding hydrogens is 406 g/mol. The Bertz CT molecular complexity index is 1290. The van der Waals surface area contributed by atoms with Crippen LogP contribution >= 0.6 is 11.3 Å². The highest BCUT2D eigenvalue weighted by Crippen LogP contribution is 2.28. The van der Waals surface area contributed by atoms with Crippen LogP contribution in [0.3, 0.4) is 0 Å². The summed E-state index contributed by atoms with van der Waals surface area (Å²) in [5.41, 5.74) is 3.18. The lowest BCUT2D eigenvalue weighted by atomic mass is 10.2. The summed E-state index contributed by atoms with van der Waals surface area (Å²) in [6, 6.07) is 25.5. The van der Waals surface area contributed by atoms with Crippen LogP contribution in [0.15, 0.2) is 96.6 Å². The van der Waals surface area contributed by atoms with Gasteiger partial charge in [0.1, 0.15) is 11.5 Å².